The fourth-order valence-electron chi connectivity index (χ4n) is 2.61. The number of amides is 1. The third kappa shape index (κ3) is 2.76. The van der Waals surface area contributed by atoms with E-state index in [-0.39, 0.29) is 11.6 Å². The van der Waals surface area contributed by atoms with E-state index < -0.39 is 12.0 Å². The summed E-state index contributed by atoms with van der Waals surface area (Å²) in [5.74, 6) is -1.30. The predicted octanol–water partition coefficient (Wildman–Crippen LogP) is 2.32. The summed E-state index contributed by atoms with van der Waals surface area (Å²) in [6, 6.07) is 8.41. The van der Waals surface area contributed by atoms with Crippen LogP contribution in [0.4, 0.5) is 0 Å². The van der Waals surface area contributed by atoms with E-state index in [0.717, 1.165) is 10.2 Å². The minimum Gasteiger partial charge on any atom is -0.480 e. The Bertz CT molecular complexity index is 728. The highest BCUT2D eigenvalue weighted by atomic mass is 79.9. The molecular formula is C15H14BrN3O3. The number of aromatic nitrogens is 2. The molecule has 0 spiro atoms. The van der Waals surface area contributed by atoms with Gasteiger partial charge in [0.1, 0.15) is 6.04 Å². The first-order valence-electron chi connectivity index (χ1n) is 6.91. The number of aliphatic carboxylic acids is 1. The third-order valence-electron chi connectivity index (χ3n) is 3.68. The van der Waals surface area contributed by atoms with Gasteiger partial charge in [-0.1, -0.05) is 22.0 Å². The second kappa shape index (κ2) is 5.92. The van der Waals surface area contributed by atoms with Crippen molar-refractivity contribution in [3.63, 3.8) is 0 Å². The lowest BCUT2D eigenvalue weighted by Gasteiger charge is -2.20. The molecule has 0 aliphatic carbocycles. The van der Waals surface area contributed by atoms with Crippen molar-refractivity contribution in [3.8, 4) is 5.69 Å². The number of hydrogen-bond acceptors (Lipinski definition) is 3. The summed E-state index contributed by atoms with van der Waals surface area (Å²) in [5, 5.41) is 13.4. The quantitative estimate of drug-likeness (QED) is 0.907. The van der Waals surface area contributed by atoms with Gasteiger partial charge in [0.2, 0.25) is 0 Å². The van der Waals surface area contributed by atoms with E-state index in [4.69, 9.17) is 5.11 Å². The van der Waals surface area contributed by atoms with Crippen LogP contribution in [-0.2, 0) is 4.79 Å². The summed E-state index contributed by atoms with van der Waals surface area (Å²) >= 11 is 3.39. The van der Waals surface area contributed by atoms with Crippen LogP contribution in [-0.4, -0.2) is 44.3 Å². The topological polar surface area (TPSA) is 75.4 Å². The highest BCUT2D eigenvalue weighted by Crippen LogP contribution is 2.20. The van der Waals surface area contributed by atoms with Gasteiger partial charge >= 0.3 is 5.97 Å². The first-order chi connectivity index (χ1) is 10.6. The molecule has 0 bridgehead atoms. The minimum atomic E-state index is -0.961. The smallest absolute Gasteiger partial charge is 0.326 e. The lowest BCUT2D eigenvalue weighted by Crippen LogP contribution is -2.40. The van der Waals surface area contributed by atoms with Crippen LogP contribution in [0.5, 0.6) is 0 Å². The van der Waals surface area contributed by atoms with E-state index in [1.807, 2.05) is 24.3 Å². The van der Waals surface area contributed by atoms with Crippen molar-refractivity contribution in [3.05, 3.63) is 46.7 Å². The average Bonchev–Trinajstić information content (AvgIpc) is 3.16. The maximum absolute atomic E-state index is 12.5. The normalized spacial score (nSPS) is 17.7. The van der Waals surface area contributed by atoms with Gasteiger partial charge < -0.3 is 10.0 Å². The van der Waals surface area contributed by atoms with E-state index >= 15 is 0 Å². The molecule has 2 aromatic rings. The van der Waals surface area contributed by atoms with Crippen molar-refractivity contribution in [2.75, 3.05) is 6.54 Å². The Kier molecular flexibility index (Phi) is 3.98. The van der Waals surface area contributed by atoms with E-state index in [9.17, 15) is 9.59 Å². The molecule has 1 aromatic heterocycles. The Morgan fingerprint density at radius 2 is 2.14 bits per heavy atom. The average molecular weight is 364 g/mol. The highest BCUT2D eigenvalue weighted by molar-refractivity contribution is 9.10. The summed E-state index contributed by atoms with van der Waals surface area (Å²) in [6.45, 7) is 0.458. The molecule has 0 radical (unpaired) electrons. The van der Waals surface area contributed by atoms with Crippen LogP contribution in [0.15, 0.2) is 41.0 Å². The molecule has 1 saturated heterocycles. The molecule has 1 unspecified atom stereocenters. The molecule has 3 rings (SSSR count). The molecule has 1 N–H and O–H groups in total. The van der Waals surface area contributed by atoms with Crippen LogP contribution in [0, 0.1) is 0 Å². The monoisotopic (exact) mass is 363 g/mol. The van der Waals surface area contributed by atoms with Gasteiger partial charge in [0.25, 0.3) is 5.91 Å². The molecule has 0 saturated carbocycles. The number of carboxylic acid groups (broad SMARTS) is 1. The van der Waals surface area contributed by atoms with Crippen LogP contribution in [0.1, 0.15) is 23.3 Å². The summed E-state index contributed by atoms with van der Waals surface area (Å²) in [4.78, 5) is 25.0. The zero-order chi connectivity index (χ0) is 15.7. The van der Waals surface area contributed by atoms with Crippen LogP contribution in [0.25, 0.3) is 5.69 Å². The number of benzene rings is 1. The number of hydrogen-bond donors (Lipinski definition) is 1. The van der Waals surface area contributed by atoms with Crippen LogP contribution in [0.2, 0.25) is 0 Å². The van der Waals surface area contributed by atoms with Crippen molar-refractivity contribution in [2.45, 2.75) is 18.9 Å². The molecule has 1 aliphatic rings. The van der Waals surface area contributed by atoms with E-state index in [0.29, 0.717) is 19.4 Å². The fourth-order valence-corrected chi connectivity index (χ4v) is 3.00. The first kappa shape index (κ1) is 14.8. The lowest BCUT2D eigenvalue weighted by atomic mass is 10.2. The van der Waals surface area contributed by atoms with Gasteiger partial charge in [0, 0.05) is 17.2 Å². The molecule has 1 amide bonds. The Hall–Kier alpha value is -2.15. The number of carbonyl (C=O) groups excluding carboxylic acids is 1. The third-order valence-corrected chi connectivity index (χ3v) is 4.17. The van der Waals surface area contributed by atoms with Gasteiger partial charge in [-0.15, -0.1) is 0 Å². The van der Waals surface area contributed by atoms with Gasteiger partial charge in [-0.25, -0.2) is 9.48 Å². The Balaban J connectivity index is 1.84. The molecular weight excluding hydrogens is 350 g/mol. The number of nitrogens with zero attached hydrogens (tertiary/aromatic N) is 3. The van der Waals surface area contributed by atoms with Crippen LogP contribution >= 0.6 is 15.9 Å². The van der Waals surface area contributed by atoms with Gasteiger partial charge in [-0.05, 0) is 37.1 Å². The zero-order valence-corrected chi connectivity index (χ0v) is 13.2. The van der Waals surface area contributed by atoms with Crippen molar-refractivity contribution in [1.82, 2.24) is 14.7 Å². The molecule has 6 nitrogen and oxygen atoms in total. The Morgan fingerprint density at radius 3 is 2.86 bits per heavy atom. The summed E-state index contributed by atoms with van der Waals surface area (Å²) < 4.78 is 2.52. The summed E-state index contributed by atoms with van der Waals surface area (Å²) in [7, 11) is 0. The van der Waals surface area contributed by atoms with E-state index in [1.165, 1.54) is 4.90 Å². The SMILES string of the molecule is O=C(O)C1CCCN1C(=O)c1ccn(-c2cccc(Br)c2)n1. The van der Waals surface area contributed by atoms with Crippen molar-refractivity contribution in [2.24, 2.45) is 0 Å². The van der Waals surface area contributed by atoms with Gasteiger partial charge in [0.15, 0.2) is 5.69 Å². The highest BCUT2D eigenvalue weighted by Gasteiger charge is 2.35. The Labute approximate surface area is 135 Å². The van der Waals surface area contributed by atoms with Crippen LogP contribution in [0.3, 0.4) is 0 Å². The minimum absolute atomic E-state index is 0.258. The number of halogens is 1. The molecule has 22 heavy (non-hydrogen) atoms. The second-order valence-corrected chi connectivity index (χ2v) is 6.04. The maximum Gasteiger partial charge on any atom is 0.326 e. The maximum atomic E-state index is 12.5. The second-order valence-electron chi connectivity index (χ2n) is 5.12. The summed E-state index contributed by atoms with van der Waals surface area (Å²) in [6.07, 6.45) is 2.89. The number of rotatable bonds is 3. The Morgan fingerprint density at radius 1 is 1.32 bits per heavy atom. The molecule has 1 atom stereocenters. The zero-order valence-electron chi connectivity index (χ0n) is 11.6. The molecule has 1 aliphatic heterocycles. The molecule has 2 heterocycles. The number of carbonyl (C=O) groups is 2. The first-order valence-corrected chi connectivity index (χ1v) is 7.71. The van der Waals surface area contributed by atoms with Crippen molar-refractivity contribution in [1.29, 1.82) is 0 Å². The van der Waals surface area contributed by atoms with Crippen molar-refractivity contribution >= 4 is 27.8 Å². The molecule has 1 fully saturated rings. The predicted molar refractivity (Wildman–Crippen MR) is 83.0 cm³/mol. The summed E-state index contributed by atoms with van der Waals surface area (Å²) in [5.41, 5.74) is 1.08. The molecule has 114 valence electrons. The lowest BCUT2D eigenvalue weighted by molar-refractivity contribution is -0.141. The van der Waals surface area contributed by atoms with Gasteiger partial charge in [-0.2, -0.15) is 5.10 Å². The standard InChI is InChI=1S/C15H14BrN3O3/c16-10-3-1-4-11(9-10)19-8-6-12(17-19)14(20)18-7-2-5-13(18)15(21)22/h1,3-4,6,8-9,13H,2,5,7H2,(H,21,22). The van der Waals surface area contributed by atoms with Crippen molar-refractivity contribution < 1.29 is 14.7 Å². The number of likely N-dealkylation sites (tertiary alicyclic amines) is 1. The van der Waals surface area contributed by atoms with E-state index in [1.54, 1.807) is 16.9 Å². The molecule has 1 aromatic carbocycles. The van der Waals surface area contributed by atoms with Gasteiger partial charge in [0.05, 0.1) is 5.69 Å². The molecule has 7 heteroatoms. The van der Waals surface area contributed by atoms with Crippen LogP contribution < -0.4 is 0 Å². The van der Waals surface area contributed by atoms with Gasteiger partial charge in [-0.3, -0.25) is 4.79 Å². The fraction of sp³-hybridized carbons (Fsp3) is 0.267. The number of carboxylic acids is 1. The largest absolute Gasteiger partial charge is 0.480 e. The van der Waals surface area contributed by atoms with E-state index in [2.05, 4.69) is 21.0 Å².